The Kier molecular flexibility index (Phi) is 6.53. The number of aryl methyl sites for hydroxylation is 1. The van der Waals surface area contributed by atoms with Crippen molar-refractivity contribution in [3.8, 4) is 5.75 Å². The van der Waals surface area contributed by atoms with Gasteiger partial charge in [0.1, 0.15) is 5.75 Å². The molecule has 2 aromatic carbocycles. The van der Waals surface area contributed by atoms with Crippen molar-refractivity contribution in [2.45, 2.75) is 32.4 Å². The van der Waals surface area contributed by atoms with E-state index in [-0.39, 0.29) is 11.7 Å². The van der Waals surface area contributed by atoms with E-state index < -0.39 is 0 Å². The minimum atomic E-state index is -0.101. The van der Waals surface area contributed by atoms with Crippen LogP contribution in [0.4, 0.5) is 5.69 Å². The third-order valence-electron chi connectivity index (χ3n) is 5.52. The van der Waals surface area contributed by atoms with Gasteiger partial charge < -0.3 is 24.7 Å². The van der Waals surface area contributed by atoms with Crippen molar-refractivity contribution in [1.29, 1.82) is 0 Å². The zero-order valence-corrected chi connectivity index (χ0v) is 18.6. The van der Waals surface area contributed by atoms with Gasteiger partial charge in [-0.25, -0.2) is 0 Å². The Labute approximate surface area is 187 Å². The number of thiocarbonyl (C=S) groups is 1. The van der Waals surface area contributed by atoms with Crippen LogP contribution in [0.2, 0.25) is 0 Å². The van der Waals surface area contributed by atoms with Gasteiger partial charge in [0, 0.05) is 24.2 Å². The van der Waals surface area contributed by atoms with Gasteiger partial charge >= 0.3 is 0 Å². The van der Waals surface area contributed by atoms with Gasteiger partial charge in [0.05, 0.1) is 25.4 Å². The molecule has 2 N–H and O–H groups in total. The maximum atomic E-state index is 12.8. The minimum absolute atomic E-state index is 0.0969. The predicted octanol–water partition coefficient (Wildman–Crippen LogP) is 4.22. The molecule has 0 unspecified atom stereocenters. The number of ether oxygens (including phenoxy) is 2. The average Bonchev–Trinajstić information content (AvgIpc) is 3.27. The van der Waals surface area contributed by atoms with Crippen LogP contribution in [0.3, 0.4) is 0 Å². The van der Waals surface area contributed by atoms with E-state index in [0.717, 1.165) is 41.6 Å². The van der Waals surface area contributed by atoms with Crippen molar-refractivity contribution in [2.75, 3.05) is 25.6 Å². The number of hydrogen-bond acceptors (Lipinski definition) is 4. The van der Waals surface area contributed by atoms with Gasteiger partial charge in [-0.1, -0.05) is 24.3 Å². The van der Waals surface area contributed by atoms with E-state index in [1.165, 1.54) is 0 Å². The molecule has 1 aliphatic heterocycles. The highest BCUT2D eigenvalue weighted by molar-refractivity contribution is 7.80. The Balaban J connectivity index is 1.61. The van der Waals surface area contributed by atoms with E-state index >= 15 is 0 Å². The zero-order chi connectivity index (χ0) is 21.8. The SMILES string of the molecule is COc1ccccc1NC(=S)N(Cc1cc2ccc(C)cc2[nH]c1=O)C[C@H]1CCCO1. The standard InChI is InChI=1S/C24H27N3O3S/c1-16-9-10-17-13-18(23(28)25-21(17)12-16)14-27(15-19-6-5-11-30-19)24(31)26-20-7-3-4-8-22(20)29-2/h3-4,7-10,12-13,19H,5-6,11,14-15H2,1-2H3,(H,25,28)(H,26,31)/t19-/m1/s1. The number of pyridine rings is 1. The number of rotatable bonds is 6. The second kappa shape index (κ2) is 9.49. The first-order chi connectivity index (χ1) is 15.0. The van der Waals surface area contributed by atoms with Crippen LogP contribution in [0.1, 0.15) is 24.0 Å². The number of aromatic nitrogens is 1. The smallest absolute Gasteiger partial charge is 0.253 e. The summed E-state index contributed by atoms with van der Waals surface area (Å²) in [7, 11) is 1.63. The fraction of sp³-hybridized carbons (Fsp3) is 0.333. The first-order valence-corrected chi connectivity index (χ1v) is 10.9. The van der Waals surface area contributed by atoms with Crippen LogP contribution in [-0.2, 0) is 11.3 Å². The highest BCUT2D eigenvalue weighted by atomic mass is 32.1. The normalized spacial score (nSPS) is 15.7. The molecule has 0 spiro atoms. The molecular weight excluding hydrogens is 410 g/mol. The summed E-state index contributed by atoms with van der Waals surface area (Å²) < 4.78 is 11.3. The average molecular weight is 438 g/mol. The molecule has 2 heterocycles. The molecule has 6 nitrogen and oxygen atoms in total. The maximum Gasteiger partial charge on any atom is 0.253 e. The fourth-order valence-electron chi connectivity index (χ4n) is 3.88. The van der Waals surface area contributed by atoms with Crippen LogP contribution in [0.25, 0.3) is 10.9 Å². The Morgan fingerprint density at radius 1 is 1.29 bits per heavy atom. The molecule has 4 rings (SSSR count). The number of anilines is 1. The molecule has 0 saturated carbocycles. The molecule has 1 saturated heterocycles. The van der Waals surface area contributed by atoms with Crippen molar-refractivity contribution < 1.29 is 9.47 Å². The van der Waals surface area contributed by atoms with E-state index in [9.17, 15) is 4.79 Å². The van der Waals surface area contributed by atoms with Crippen molar-refractivity contribution in [3.63, 3.8) is 0 Å². The predicted molar refractivity (Wildman–Crippen MR) is 128 cm³/mol. The first kappa shape index (κ1) is 21.3. The second-order valence-electron chi connectivity index (χ2n) is 7.86. The number of aromatic amines is 1. The Hall–Kier alpha value is -2.90. The summed E-state index contributed by atoms with van der Waals surface area (Å²) in [4.78, 5) is 17.8. The lowest BCUT2D eigenvalue weighted by molar-refractivity contribution is 0.0904. The van der Waals surface area contributed by atoms with Gasteiger partial charge in [-0.2, -0.15) is 0 Å². The third-order valence-corrected chi connectivity index (χ3v) is 5.88. The number of para-hydroxylation sites is 2. The molecule has 1 aromatic heterocycles. The van der Waals surface area contributed by atoms with E-state index in [1.807, 2.05) is 60.4 Å². The van der Waals surface area contributed by atoms with Gasteiger partial charge in [-0.15, -0.1) is 0 Å². The minimum Gasteiger partial charge on any atom is -0.495 e. The zero-order valence-electron chi connectivity index (χ0n) is 17.8. The van der Waals surface area contributed by atoms with Crippen molar-refractivity contribution in [1.82, 2.24) is 9.88 Å². The van der Waals surface area contributed by atoms with E-state index in [2.05, 4.69) is 10.3 Å². The summed E-state index contributed by atoms with van der Waals surface area (Å²) in [6, 6.07) is 15.6. The van der Waals surface area contributed by atoms with Crippen LogP contribution in [0.5, 0.6) is 5.75 Å². The maximum absolute atomic E-state index is 12.8. The highest BCUT2D eigenvalue weighted by Gasteiger charge is 2.22. The molecule has 1 aliphatic rings. The number of H-pyrrole nitrogens is 1. The lowest BCUT2D eigenvalue weighted by atomic mass is 10.1. The molecule has 0 radical (unpaired) electrons. The number of benzene rings is 2. The topological polar surface area (TPSA) is 66.6 Å². The number of hydrogen-bond donors (Lipinski definition) is 2. The van der Waals surface area contributed by atoms with Gasteiger partial charge in [0.25, 0.3) is 5.56 Å². The lowest BCUT2D eigenvalue weighted by Crippen LogP contribution is -2.40. The molecule has 1 fully saturated rings. The van der Waals surface area contributed by atoms with Crippen molar-refractivity contribution in [3.05, 3.63) is 70.0 Å². The van der Waals surface area contributed by atoms with Gasteiger partial charge in [0.2, 0.25) is 0 Å². The van der Waals surface area contributed by atoms with Crippen LogP contribution >= 0.6 is 12.2 Å². The second-order valence-corrected chi connectivity index (χ2v) is 8.25. The first-order valence-electron chi connectivity index (χ1n) is 10.5. The number of nitrogens with one attached hydrogen (secondary N) is 2. The van der Waals surface area contributed by atoms with Crippen molar-refractivity contribution in [2.24, 2.45) is 0 Å². The molecule has 3 aromatic rings. The molecule has 0 aliphatic carbocycles. The summed E-state index contributed by atoms with van der Waals surface area (Å²) >= 11 is 5.75. The molecule has 0 bridgehead atoms. The van der Waals surface area contributed by atoms with Gasteiger partial charge in [-0.05, 0) is 67.2 Å². The summed E-state index contributed by atoms with van der Waals surface area (Å²) in [5.41, 5.74) is 3.30. The quantitative estimate of drug-likeness (QED) is 0.563. The number of nitrogens with zero attached hydrogens (tertiary/aromatic N) is 1. The van der Waals surface area contributed by atoms with Crippen molar-refractivity contribution >= 4 is 33.9 Å². The Morgan fingerprint density at radius 3 is 2.90 bits per heavy atom. The van der Waals surface area contributed by atoms with E-state index in [4.69, 9.17) is 21.7 Å². The van der Waals surface area contributed by atoms with Crippen LogP contribution in [0, 0.1) is 6.92 Å². The third kappa shape index (κ3) is 5.06. The molecule has 7 heteroatoms. The van der Waals surface area contributed by atoms with Gasteiger partial charge in [-0.3, -0.25) is 4.79 Å². The summed E-state index contributed by atoms with van der Waals surface area (Å²) in [5.74, 6) is 0.709. The van der Waals surface area contributed by atoms with Crippen LogP contribution < -0.4 is 15.6 Å². The van der Waals surface area contributed by atoms with Crippen LogP contribution in [0.15, 0.2) is 53.3 Å². The van der Waals surface area contributed by atoms with E-state index in [1.54, 1.807) is 7.11 Å². The molecule has 0 amide bonds. The monoisotopic (exact) mass is 437 g/mol. The summed E-state index contributed by atoms with van der Waals surface area (Å²) in [6.07, 6.45) is 2.13. The lowest BCUT2D eigenvalue weighted by Gasteiger charge is -2.28. The Morgan fingerprint density at radius 2 is 2.13 bits per heavy atom. The molecule has 162 valence electrons. The summed E-state index contributed by atoms with van der Waals surface area (Å²) in [5, 5.41) is 4.82. The fourth-order valence-corrected chi connectivity index (χ4v) is 4.13. The van der Waals surface area contributed by atoms with Gasteiger partial charge in [0.15, 0.2) is 5.11 Å². The van der Waals surface area contributed by atoms with Crippen LogP contribution in [-0.4, -0.2) is 41.4 Å². The largest absolute Gasteiger partial charge is 0.495 e. The highest BCUT2D eigenvalue weighted by Crippen LogP contribution is 2.24. The molecular formula is C24H27N3O3S. The van der Waals surface area contributed by atoms with E-state index in [0.29, 0.717) is 29.5 Å². The molecule has 31 heavy (non-hydrogen) atoms. The molecule has 1 atom stereocenters. The summed E-state index contributed by atoms with van der Waals surface area (Å²) in [6.45, 7) is 3.78. The Bertz CT molecular complexity index is 1140. The number of methoxy groups -OCH3 is 1. The number of fused-ring (bicyclic) bond motifs is 1.